The van der Waals surface area contributed by atoms with Crippen molar-refractivity contribution in [1.29, 1.82) is 0 Å². The third kappa shape index (κ3) is 1.25. The molecule has 1 aliphatic heterocycles. The number of imidazole rings is 1. The Morgan fingerprint density at radius 3 is 2.67 bits per heavy atom. The number of H-pyrrole nitrogens is 1. The van der Waals surface area contributed by atoms with Gasteiger partial charge in [-0.3, -0.25) is 0 Å². The van der Waals surface area contributed by atoms with Gasteiger partial charge in [0.15, 0.2) is 0 Å². The van der Waals surface area contributed by atoms with Gasteiger partial charge >= 0.3 is 0 Å². The summed E-state index contributed by atoms with van der Waals surface area (Å²) < 4.78 is 0. The Kier molecular flexibility index (Phi) is 1.89. The van der Waals surface area contributed by atoms with E-state index in [-0.39, 0.29) is 0 Å². The van der Waals surface area contributed by atoms with Crippen LogP contribution in [-0.2, 0) is 0 Å². The number of aromatic nitrogens is 2. The summed E-state index contributed by atoms with van der Waals surface area (Å²) in [5, 5.41) is 3.25. The van der Waals surface area contributed by atoms with Crippen LogP contribution in [0.5, 0.6) is 0 Å². The van der Waals surface area contributed by atoms with E-state index < -0.39 is 0 Å². The van der Waals surface area contributed by atoms with E-state index in [2.05, 4.69) is 29.1 Å². The first-order valence-electron chi connectivity index (χ1n) is 4.53. The van der Waals surface area contributed by atoms with Crippen molar-refractivity contribution in [2.75, 3.05) is 13.1 Å². The van der Waals surface area contributed by atoms with Gasteiger partial charge < -0.3 is 10.3 Å². The zero-order chi connectivity index (χ0) is 8.55. The fraction of sp³-hybridized carbons (Fsp3) is 0.667. The highest BCUT2D eigenvalue weighted by Gasteiger charge is 2.20. The molecule has 2 N–H and O–H groups in total. The van der Waals surface area contributed by atoms with Crippen molar-refractivity contribution in [3.05, 3.63) is 17.7 Å². The van der Waals surface area contributed by atoms with Crippen molar-refractivity contribution >= 4 is 0 Å². The average molecular weight is 165 g/mol. The summed E-state index contributed by atoms with van der Waals surface area (Å²) in [6, 6.07) is 0. The van der Waals surface area contributed by atoms with Crippen LogP contribution in [-0.4, -0.2) is 23.1 Å². The van der Waals surface area contributed by atoms with Gasteiger partial charge in [0.05, 0.1) is 0 Å². The number of hydrogen-bond acceptors (Lipinski definition) is 2. The summed E-state index contributed by atoms with van der Waals surface area (Å²) in [6.07, 6.45) is 1.97. The quantitative estimate of drug-likeness (QED) is 0.691. The summed E-state index contributed by atoms with van der Waals surface area (Å²) in [7, 11) is 0. The zero-order valence-electron chi connectivity index (χ0n) is 7.59. The van der Waals surface area contributed by atoms with Crippen LogP contribution in [0.3, 0.4) is 0 Å². The first-order valence-corrected chi connectivity index (χ1v) is 4.53. The van der Waals surface area contributed by atoms with E-state index in [1.807, 2.05) is 6.20 Å². The van der Waals surface area contributed by atoms with E-state index in [9.17, 15) is 0 Å². The topological polar surface area (TPSA) is 40.7 Å². The van der Waals surface area contributed by atoms with Crippen molar-refractivity contribution in [1.82, 2.24) is 15.3 Å². The second kappa shape index (κ2) is 2.90. The molecular formula is C9H15N3. The van der Waals surface area contributed by atoms with Gasteiger partial charge in [-0.25, -0.2) is 4.98 Å². The van der Waals surface area contributed by atoms with Gasteiger partial charge in [0, 0.05) is 36.8 Å². The van der Waals surface area contributed by atoms with E-state index in [4.69, 9.17) is 0 Å². The minimum atomic E-state index is 0.506. The highest BCUT2D eigenvalue weighted by Crippen LogP contribution is 2.19. The molecule has 0 unspecified atom stereocenters. The third-order valence-corrected chi connectivity index (χ3v) is 2.38. The van der Waals surface area contributed by atoms with Gasteiger partial charge in [0.25, 0.3) is 0 Å². The van der Waals surface area contributed by atoms with Crippen LogP contribution in [0.15, 0.2) is 6.20 Å². The molecule has 0 aromatic carbocycles. The standard InChI is InChI=1S/C9H15N3/c1-6(2)9-11-5-8(12-9)7-3-10-4-7/h5-7,10H,3-4H2,1-2H3,(H,11,12). The number of hydrogen-bond donors (Lipinski definition) is 2. The van der Waals surface area contributed by atoms with Crippen LogP contribution in [0, 0.1) is 0 Å². The first-order chi connectivity index (χ1) is 5.77. The summed E-state index contributed by atoms with van der Waals surface area (Å²) in [5.41, 5.74) is 1.29. The largest absolute Gasteiger partial charge is 0.345 e. The molecule has 66 valence electrons. The van der Waals surface area contributed by atoms with Crippen LogP contribution in [0.4, 0.5) is 0 Å². The van der Waals surface area contributed by atoms with Gasteiger partial charge in [0.1, 0.15) is 5.82 Å². The Bertz CT molecular complexity index is 260. The predicted molar refractivity (Wildman–Crippen MR) is 48.3 cm³/mol. The molecule has 0 spiro atoms. The molecule has 2 heterocycles. The molecule has 1 fully saturated rings. The van der Waals surface area contributed by atoms with Crippen LogP contribution in [0.2, 0.25) is 0 Å². The molecule has 1 aromatic rings. The summed E-state index contributed by atoms with van der Waals surface area (Å²) in [4.78, 5) is 7.70. The van der Waals surface area contributed by atoms with Crippen molar-refractivity contribution < 1.29 is 0 Å². The average Bonchev–Trinajstić information content (AvgIpc) is 2.32. The first kappa shape index (κ1) is 7.80. The van der Waals surface area contributed by atoms with Gasteiger partial charge in [-0.1, -0.05) is 13.8 Å². The lowest BCUT2D eigenvalue weighted by Crippen LogP contribution is -2.40. The summed E-state index contributed by atoms with van der Waals surface area (Å²) in [6.45, 7) is 6.50. The molecule has 1 saturated heterocycles. The van der Waals surface area contributed by atoms with Crippen molar-refractivity contribution in [3.8, 4) is 0 Å². The number of nitrogens with one attached hydrogen (secondary N) is 2. The van der Waals surface area contributed by atoms with E-state index in [0.29, 0.717) is 11.8 Å². The zero-order valence-corrected chi connectivity index (χ0v) is 7.59. The molecular weight excluding hydrogens is 150 g/mol. The van der Waals surface area contributed by atoms with Crippen molar-refractivity contribution in [2.24, 2.45) is 0 Å². The Morgan fingerprint density at radius 1 is 1.50 bits per heavy atom. The van der Waals surface area contributed by atoms with Gasteiger partial charge in [0.2, 0.25) is 0 Å². The van der Waals surface area contributed by atoms with Gasteiger partial charge in [-0.2, -0.15) is 0 Å². The Labute approximate surface area is 72.6 Å². The maximum atomic E-state index is 4.34. The monoisotopic (exact) mass is 165 g/mol. The Balaban J connectivity index is 2.12. The fourth-order valence-electron chi connectivity index (χ4n) is 1.36. The molecule has 3 nitrogen and oxygen atoms in total. The lowest BCUT2D eigenvalue weighted by Gasteiger charge is -2.25. The molecule has 0 aliphatic carbocycles. The number of nitrogens with zero attached hydrogens (tertiary/aromatic N) is 1. The second-order valence-electron chi connectivity index (χ2n) is 3.73. The third-order valence-electron chi connectivity index (χ3n) is 2.38. The number of rotatable bonds is 2. The van der Waals surface area contributed by atoms with Gasteiger partial charge in [-0.15, -0.1) is 0 Å². The maximum Gasteiger partial charge on any atom is 0.108 e. The highest BCUT2D eigenvalue weighted by atomic mass is 15.0. The number of aromatic amines is 1. The van der Waals surface area contributed by atoms with Crippen LogP contribution in [0.25, 0.3) is 0 Å². The van der Waals surface area contributed by atoms with Crippen LogP contribution >= 0.6 is 0 Å². The van der Waals surface area contributed by atoms with E-state index >= 15 is 0 Å². The normalized spacial score (nSPS) is 18.2. The smallest absolute Gasteiger partial charge is 0.108 e. The molecule has 0 saturated carbocycles. The molecule has 3 heteroatoms. The van der Waals surface area contributed by atoms with E-state index in [1.165, 1.54) is 5.69 Å². The minimum Gasteiger partial charge on any atom is -0.345 e. The van der Waals surface area contributed by atoms with Crippen molar-refractivity contribution in [2.45, 2.75) is 25.7 Å². The lowest BCUT2D eigenvalue weighted by molar-refractivity contribution is 0.440. The lowest BCUT2D eigenvalue weighted by atomic mass is 10.0. The SMILES string of the molecule is CC(C)c1ncc(C2CNC2)[nH]1. The minimum absolute atomic E-state index is 0.506. The molecule has 0 bridgehead atoms. The highest BCUT2D eigenvalue weighted by molar-refractivity contribution is 5.13. The fourth-order valence-corrected chi connectivity index (χ4v) is 1.36. The Hall–Kier alpha value is -0.830. The molecule has 12 heavy (non-hydrogen) atoms. The van der Waals surface area contributed by atoms with Gasteiger partial charge in [-0.05, 0) is 0 Å². The van der Waals surface area contributed by atoms with Crippen LogP contribution < -0.4 is 5.32 Å². The summed E-state index contributed by atoms with van der Waals surface area (Å²) >= 11 is 0. The van der Waals surface area contributed by atoms with E-state index in [1.54, 1.807) is 0 Å². The molecule has 1 aliphatic rings. The maximum absolute atomic E-state index is 4.34. The molecule has 1 aromatic heterocycles. The summed E-state index contributed by atoms with van der Waals surface area (Å²) in [5.74, 6) is 2.29. The molecule has 0 radical (unpaired) electrons. The Morgan fingerprint density at radius 2 is 2.25 bits per heavy atom. The van der Waals surface area contributed by atoms with Crippen LogP contribution in [0.1, 0.15) is 37.2 Å². The van der Waals surface area contributed by atoms with Crippen molar-refractivity contribution in [3.63, 3.8) is 0 Å². The molecule has 0 amide bonds. The predicted octanol–water partition coefficient (Wildman–Crippen LogP) is 1.22. The van der Waals surface area contributed by atoms with E-state index in [0.717, 1.165) is 18.9 Å². The second-order valence-corrected chi connectivity index (χ2v) is 3.73. The molecule has 2 rings (SSSR count). The molecule has 0 atom stereocenters.